The van der Waals surface area contributed by atoms with E-state index in [-0.39, 0.29) is 33.7 Å². The van der Waals surface area contributed by atoms with E-state index in [2.05, 4.69) is 15.6 Å². The van der Waals surface area contributed by atoms with Crippen molar-refractivity contribution in [1.29, 1.82) is 0 Å². The van der Waals surface area contributed by atoms with E-state index in [4.69, 9.17) is 5.73 Å². The maximum Gasteiger partial charge on any atom is 0.283 e. The van der Waals surface area contributed by atoms with E-state index in [1.165, 1.54) is 30.4 Å². The monoisotopic (exact) mass is 471 g/mol. The van der Waals surface area contributed by atoms with Crippen LogP contribution in [0.1, 0.15) is 17.3 Å². The average Bonchev–Trinajstić information content (AvgIpc) is 3.20. The van der Waals surface area contributed by atoms with Gasteiger partial charge in [0.1, 0.15) is 0 Å². The number of hydrogen-bond acceptors (Lipinski definition) is 8. The van der Waals surface area contributed by atoms with Crippen molar-refractivity contribution in [2.45, 2.75) is 11.8 Å². The standard InChI is InChI=1S/C20H17N5O5S2/c1-11(26)22-14-5-2-12(3-6-14)15-9-32-20(23-15)24-18(27)10-31-17-7-4-13(19(21)28)8-16(17)25(29)30/h2-9H,10H2,1H3,(H2,21,28)(H,22,26)(H,23,24,27). The zero-order valence-corrected chi connectivity index (χ0v) is 18.3. The van der Waals surface area contributed by atoms with Crippen LogP contribution in [0.5, 0.6) is 0 Å². The minimum atomic E-state index is -0.772. The summed E-state index contributed by atoms with van der Waals surface area (Å²) < 4.78 is 0. The van der Waals surface area contributed by atoms with Crippen molar-refractivity contribution in [1.82, 2.24) is 4.98 Å². The summed E-state index contributed by atoms with van der Waals surface area (Å²) in [4.78, 5) is 49.9. The quantitative estimate of drug-likeness (QED) is 0.258. The second-order valence-electron chi connectivity index (χ2n) is 6.44. The van der Waals surface area contributed by atoms with Crippen LogP contribution >= 0.6 is 23.1 Å². The minimum Gasteiger partial charge on any atom is -0.366 e. The number of nitro groups is 1. The van der Waals surface area contributed by atoms with Gasteiger partial charge in [-0.3, -0.25) is 24.5 Å². The first-order valence-electron chi connectivity index (χ1n) is 9.07. The number of rotatable bonds is 8. The van der Waals surface area contributed by atoms with Gasteiger partial charge >= 0.3 is 0 Å². The molecule has 2 aromatic carbocycles. The summed E-state index contributed by atoms with van der Waals surface area (Å²) in [5.41, 5.74) is 7.02. The number of aromatic nitrogens is 1. The Kier molecular flexibility index (Phi) is 7.18. The van der Waals surface area contributed by atoms with Gasteiger partial charge in [-0.1, -0.05) is 12.1 Å². The molecule has 3 aromatic rings. The van der Waals surface area contributed by atoms with Crippen molar-refractivity contribution >= 4 is 57.3 Å². The van der Waals surface area contributed by atoms with Crippen LogP contribution in [0.2, 0.25) is 0 Å². The first-order valence-corrected chi connectivity index (χ1v) is 10.9. The highest BCUT2D eigenvalue weighted by Crippen LogP contribution is 2.31. The third-order valence-corrected chi connectivity index (χ3v) is 5.87. The molecular formula is C20H17N5O5S2. The van der Waals surface area contributed by atoms with Gasteiger partial charge in [-0.15, -0.1) is 23.1 Å². The number of anilines is 2. The highest BCUT2D eigenvalue weighted by atomic mass is 32.2. The number of nitro benzene ring substituents is 1. The van der Waals surface area contributed by atoms with Crippen LogP contribution < -0.4 is 16.4 Å². The van der Waals surface area contributed by atoms with Crippen LogP contribution in [0, 0.1) is 10.1 Å². The number of primary amides is 1. The Hall–Kier alpha value is -3.77. The molecule has 3 rings (SSSR count). The predicted octanol–water partition coefficient (Wildman–Crippen LogP) is 3.51. The molecule has 0 fully saturated rings. The van der Waals surface area contributed by atoms with Gasteiger partial charge in [-0.25, -0.2) is 4.98 Å². The van der Waals surface area contributed by atoms with Gasteiger partial charge in [-0.2, -0.15) is 0 Å². The number of carbonyl (C=O) groups excluding carboxylic acids is 3. The Balaban J connectivity index is 1.62. The second kappa shape index (κ2) is 10.0. The zero-order chi connectivity index (χ0) is 23.3. The van der Waals surface area contributed by atoms with Gasteiger partial charge in [0, 0.05) is 35.2 Å². The lowest BCUT2D eigenvalue weighted by Crippen LogP contribution is -2.14. The molecule has 0 aliphatic heterocycles. The Labute approximate surface area is 190 Å². The fraction of sp³-hybridized carbons (Fsp3) is 0.100. The molecular weight excluding hydrogens is 454 g/mol. The maximum absolute atomic E-state index is 12.3. The van der Waals surface area contributed by atoms with Crippen molar-refractivity contribution in [3.63, 3.8) is 0 Å². The third-order valence-electron chi connectivity index (χ3n) is 4.05. The number of carbonyl (C=O) groups is 3. The Morgan fingerprint density at radius 2 is 1.88 bits per heavy atom. The summed E-state index contributed by atoms with van der Waals surface area (Å²) in [6, 6.07) is 11.0. The van der Waals surface area contributed by atoms with E-state index >= 15 is 0 Å². The molecule has 0 spiro atoms. The van der Waals surface area contributed by atoms with Crippen molar-refractivity contribution in [2.75, 3.05) is 16.4 Å². The van der Waals surface area contributed by atoms with Crippen molar-refractivity contribution in [3.05, 3.63) is 63.5 Å². The van der Waals surface area contributed by atoms with E-state index in [0.717, 1.165) is 23.4 Å². The zero-order valence-electron chi connectivity index (χ0n) is 16.7. The molecule has 0 radical (unpaired) electrons. The lowest BCUT2D eigenvalue weighted by Gasteiger charge is -2.05. The Morgan fingerprint density at radius 3 is 2.50 bits per heavy atom. The van der Waals surface area contributed by atoms with Gasteiger partial charge in [0.25, 0.3) is 5.69 Å². The van der Waals surface area contributed by atoms with Crippen LogP contribution in [0.25, 0.3) is 11.3 Å². The molecule has 0 atom stereocenters. The molecule has 1 heterocycles. The molecule has 1 aromatic heterocycles. The lowest BCUT2D eigenvalue weighted by molar-refractivity contribution is -0.387. The smallest absolute Gasteiger partial charge is 0.283 e. The van der Waals surface area contributed by atoms with E-state index in [1.54, 1.807) is 29.6 Å². The topological polar surface area (TPSA) is 157 Å². The summed E-state index contributed by atoms with van der Waals surface area (Å²) in [6.07, 6.45) is 0. The van der Waals surface area contributed by atoms with E-state index < -0.39 is 10.8 Å². The molecule has 0 unspecified atom stereocenters. The summed E-state index contributed by atoms with van der Waals surface area (Å²) in [5.74, 6) is -1.41. The Bertz CT molecular complexity index is 1190. The molecule has 0 aliphatic rings. The molecule has 0 aliphatic carbocycles. The molecule has 0 bridgehead atoms. The summed E-state index contributed by atoms with van der Waals surface area (Å²) in [7, 11) is 0. The number of nitrogens with zero attached hydrogens (tertiary/aromatic N) is 2. The lowest BCUT2D eigenvalue weighted by atomic mass is 10.1. The fourth-order valence-corrected chi connectivity index (χ4v) is 4.17. The number of nitrogens with two attached hydrogens (primary N) is 1. The molecule has 164 valence electrons. The van der Waals surface area contributed by atoms with Gasteiger partial charge < -0.3 is 16.4 Å². The predicted molar refractivity (Wildman–Crippen MR) is 123 cm³/mol. The van der Waals surface area contributed by atoms with Crippen molar-refractivity contribution in [2.24, 2.45) is 5.73 Å². The normalized spacial score (nSPS) is 10.4. The van der Waals surface area contributed by atoms with Crippen LogP contribution in [0.4, 0.5) is 16.5 Å². The summed E-state index contributed by atoms with van der Waals surface area (Å²) >= 11 is 2.21. The van der Waals surface area contributed by atoms with E-state index in [1.807, 2.05) is 0 Å². The maximum atomic E-state index is 12.3. The number of thiazole rings is 1. The van der Waals surface area contributed by atoms with Crippen molar-refractivity contribution in [3.8, 4) is 11.3 Å². The SMILES string of the molecule is CC(=O)Nc1ccc(-c2csc(NC(=O)CSc3ccc(C(N)=O)cc3[N+](=O)[O-])n2)cc1. The largest absolute Gasteiger partial charge is 0.366 e. The molecule has 0 saturated carbocycles. The van der Waals surface area contributed by atoms with Crippen LogP contribution in [-0.2, 0) is 9.59 Å². The van der Waals surface area contributed by atoms with Crippen LogP contribution in [0.15, 0.2) is 52.7 Å². The second-order valence-corrected chi connectivity index (χ2v) is 8.31. The van der Waals surface area contributed by atoms with Crippen LogP contribution in [-0.4, -0.2) is 33.4 Å². The molecule has 3 amide bonds. The van der Waals surface area contributed by atoms with Gasteiger partial charge in [0.15, 0.2) is 5.13 Å². The number of hydrogen-bond donors (Lipinski definition) is 3. The van der Waals surface area contributed by atoms with Gasteiger partial charge in [-0.05, 0) is 24.3 Å². The van der Waals surface area contributed by atoms with E-state index in [0.29, 0.717) is 16.5 Å². The molecule has 10 nitrogen and oxygen atoms in total. The van der Waals surface area contributed by atoms with Gasteiger partial charge in [0.2, 0.25) is 17.7 Å². The van der Waals surface area contributed by atoms with Gasteiger partial charge in [0.05, 0.1) is 21.3 Å². The van der Waals surface area contributed by atoms with E-state index in [9.17, 15) is 24.5 Å². The first-order chi connectivity index (χ1) is 15.2. The molecule has 32 heavy (non-hydrogen) atoms. The summed E-state index contributed by atoms with van der Waals surface area (Å²) in [5, 5.41) is 18.8. The molecule has 4 N–H and O–H groups in total. The number of thioether (sulfide) groups is 1. The number of benzene rings is 2. The highest BCUT2D eigenvalue weighted by Gasteiger charge is 2.18. The molecule has 0 saturated heterocycles. The van der Waals surface area contributed by atoms with Crippen molar-refractivity contribution < 1.29 is 19.3 Å². The fourth-order valence-electron chi connectivity index (χ4n) is 2.63. The highest BCUT2D eigenvalue weighted by molar-refractivity contribution is 8.00. The average molecular weight is 472 g/mol. The minimum absolute atomic E-state index is 0.0194. The first kappa shape index (κ1) is 22.9. The third kappa shape index (κ3) is 5.89. The number of nitrogens with one attached hydrogen (secondary N) is 2. The number of amides is 3. The Morgan fingerprint density at radius 1 is 1.16 bits per heavy atom. The molecule has 12 heteroatoms. The summed E-state index contributed by atoms with van der Waals surface area (Å²) in [6.45, 7) is 1.43. The van der Waals surface area contributed by atoms with Crippen LogP contribution in [0.3, 0.4) is 0 Å².